The second-order valence-electron chi connectivity index (χ2n) is 9.98. The van der Waals surface area contributed by atoms with E-state index in [0.717, 1.165) is 19.3 Å². The topological polar surface area (TPSA) is 111 Å². The first kappa shape index (κ1) is 26.4. The molecule has 0 aromatic heterocycles. The van der Waals surface area contributed by atoms with E-state index in [9.17, 15) is 14.4 Å². The van der Waals surface area contributed by atoms with Crippen LogP contribution in [0, 0.1) is 0 Å². The summed E-state index contributed by atoms with van der Waals surface area (Å²) in [4.78, 5) is 39.8. The van der Waals surface area contributed by atoms with E-state index in [1.807, 2.05) is 41.5 Å². The monoisotopic (exact) mass is 427 g/mol. The standard InChI is InChI=1S/C22H41N3O5/c1-15(24-16(11-8-9-13-23)19(27)29-21(2,3)4)18(26)25-14-10-12-17(25)20(28)30-22(5,6)7/h15-17,24H,8-14,23H2,1-7H3. The molecule has 3 unspecified atom stereocenters. The maximum atomic E-state index is 13.1. The Hall–Kier alpha value is -1.67. The summed E-state index contributed by atoms with van der Waals surface area (Å²) in [6.45, 7) is 13.6. The van der Waals surface area contributed by atoms with Gasteiger partial charge in [-0.1, -0.05) is 6.42 Å². The molecule has 30 heavy (non-hydrogen) atoms. The molecule has 0 saturated carbocycles. The van der Waals surface area contributed by atoms with Gasteiger partial charge in [0.2, 0.25) is 5.91 Å². The van der Waals surface area contributed by atoms with Gasteiger partial charge in [0.05, 0.1) is 6.04 Å². The van der Waals surface area contributed by atoms with E-state index in [0.29, 0.717) is 25.9 Å². The zero-order chi connectivity index (χ0) is 23.1. The van der Waals surface area contributed by atoms with Crippen LogP contribution < -0.4 is 11.1 Å². The van der Waals surface area contributed by atoms with Gasteiger partial charge >= 0.3 is 11.9 Å². The molecule has 174 valence electrons. The number of nitrogens with zero attached hydrogens (tertiary/aromatic N) is 1. The van der Waals surface area contributed by atoms with Gasteiger partial charge in [0, 0.05) is 6.54 Å². The molecule has 3 N–H and O–H groups in total. The largest absolute Gasteiger partial charge is 0.459 e. The SMILES string of the molecule is CC(NC(CCCCN)C(=O)OC(C)(C)C)C(=O)N1CCCC1C(=O)OC(C)(C)C. The van der Waals surface area contributed by atoms with Crippen molar-refractivity contribution in [1.82, 2.24) is 10.2 Å². The van der Waals surface area contributed by atoms with Gasteiger partial charge in [-0.25, -0.2) is 4.79 Å². The van der Waals surface area contributed by atoms with Crippen LogP contribution in [0.25, 0.3) is 0 Å². The Morgan fingerprint density at radius 1 is 1.07 bits per heavy atom. The van der Waals surface area contributed by atoms with Crippen LogP contribution in [-0.2, 0) is 23.9 Å². The van der Waals surface area contributed by atoms with Gasteiger partial charge in [0.25, 0.3) is 0 Å². The van der Waals surface area contributed by atoms with E-state index in [-0.39, 0.29) is 17.8 Å². The summed E-state index contributed by atoms with van der Waals surface area (Å²) >= 11 is 0. The molecular formula is C22H41N3O5. The normalized spacial score (nSPS) is 19.3. The van der Waals surface area contributed by atoms with Crippen molar-refractivity contribution in [2.75, 3.05) is 13.1 Å². The molecule has 8 heteroatoms. The fourth-order valence-electron chi connectivity index (χ4n) is 3.40. The fraction of sp³-hybridized carbons (Fsp3) is 0.864. The van der Waals surface area contributed by atoms with Crippen LogP contribution in [0.15, 0.2) is 0 Å². The molecule has 1 rings (SSSR count). The van der Waals surface area contributed by atoms with Gasteiger partial charge in [-0.2, -0.15) is 0 Å². The third-order valence-electron chi connectivity index (χ3n) is 4.67. The van der Waals surface area contributed by atoms with Gasteiger partial charge in [-0.05, 0) is 80.7 Å². The number of hydrogen-bond acceptors (Lipinski definition) is 7. The smallest absolute Gasteiger partial charge is 0.329 e. The molecule has 0 aromatic carbocycles. The zero-order valence-electron chi connectivity index (χ0n) is 19.7. The molecule has 1 amide bonds. The summed E-state index contributed by atoms with van der Waals surface area (Å²) in [6, 6.07) is -1.83. The predicted molar refractivity (Wildman–Crippen MR) is 116 cm³/mol. The van der Waals surface area contributed by atoms with Crippen molar-refractivity contribution < 1.29 is 23.9 Å². The molecule has 0 radical (unpaired) electrons. The van der Waals surface area contributed by atoms with Crippen molar-refractivity contribution in [2.24, 2.45) is 5.73 Å². The first-order chi connectivity index (χ1) is 13.7. The molecule has 0 aromatic rings. The van der Waals surface area contributed by atoms with Crippen LogP contribution in [-0.4, -0.2) is 65.2 Å². The number of rotatable bonds is 9. The van der Waals surface area contributed by atoms with Gasteiger partial charge in [0.1, 0.15) is 23.3 Å². The molecule has 0 bridgehead atoms. The summed E-state index contributed by atoms with van der Waals surface area (Å²) in [7, 11) is 0. The highest BCUT2D eigenvalue weighted by atomic mass is 16.6. The van der Waals surface area contributed by atoms with Crippen molar-refractivity contribution in [3.05, 3.63) is 0 Å². The van der Waals surface area contributed by atoms with Crippen molar-refractivity contribution in [3.8, 4) is 0 Å². The summed E-state index contributed by atoms with van der Waals surface area (Å²) in [5, 5.41) is 3.12. The molecular weight excluding hydrogens is 386 g/mol. The lowest BCUT2D eigenvalue weighted by Gasteiger charge is -2.31. The molecule has 1 aliphatic rings. The molecule has 1 fully saturated rings. The van der Waals surface area contributed by atoms with Crippen LogP contribution in [0.5, 0.6) is 0 Å². The van der Waals surface area contributed by atoms with Crippen molar-refractivity contribution in [3.63, 3.8) is 0 Å². The number of likely N-dealkylation sites (tertiary alicyclic amines) is 1. The lowest BCUT2D eigenvalue weighted by Crippen LogP contribution is -2.54. The van der Waals surface area contributed by atoms with Crippen LogP contribution in [0.4, 0.5) is 0 Å². The molecule has 0 spiro atoms. The molecule has 1 heterocycles. The second kappa shape index (κ2) is 11.1. The molecule has 0 aliphatic carbocycles. The third kappa shape index (κ3) is 9.00. The number of carbonyl (C=O) groups excluding carboxylic acids is 3. The number of hydrogen-bond donors (Lipinski definition) is 2. The Bertz CT molecular complexity index is 595. The number of carbonyl (C=O) groups is 3. The highest BCUT2D eigenvalue weighted by Gasteiger charge is 2.39. The molecule has 8 nitrogen and oxygen atoms in total. The maximum Gasteiger partial charge on any atom is 0.329 e. The Morgan fingerprint density at radius 3 is 2.20 bits per heavy atom. The fourth-order valence-corrected chi connectivity index (χ4v) is 3.40. The quantitative estimate of drug-likeness (QED) is 0.428. The maximum absolute atomic E-state index is 13.1. The van der Waals surface area contributed by atoms with E-state index < -0.39 is 29.3 Å². The first-order valence-electron chi connectivity index (χ1n) is 11.0. The minimum Gasteiger partial charge on any atom is -0.459 e. The van der Waals surface area contributed by atoms with Crippen molar-refractivity contribution >= 4 is 17.8 Å². The van der Waals surface area contributed by atoms with E-state index in [4.69, 9.17) is 15.2 Å². The summed E-state index contributed by atoms with van der Waals surface area (Å²) in [5.41, 5.74) is 4.35. The predicted octanol–water partition coefficient (Wildman–Crippen LogP) is 2.14. The number of unbranched alkanes of at least 4 members (excludes halogenated alkanes) is 1. The van der Waals surface area contributed by atoms with Crippen LogP contribution in [0.1, 0.15) is 80.6 Å². The van der Waals surface area contributed by atoms with Crippen LogP contribution in [0.2, 0.25) is 0 Å². The zero-order valence-corrected chi connectivity index (χ0v) is 19.7. The average Bonchev–Trinajstić information content (AvgIpc) is 3.07. The third-order valence-corrected chi connectivity index (χ3v) is 4.67. The first-order valence-corrected chi connectivity index (χ1v) is 11.0. The molecule has 1 aliphatic heterocycles. The van der Waals surface area contributed by atoms with Crippen LogP contribution in [0.3, 0.4) is 0 Å². The Labute approximate surface area is 181 Å². The van der Waals surface area contributed by atoms with Gasteiger partial charge in [-0.3, -0.25) is 14.9 Å². The average molecular weight is 428 g/mol. The number of nitrogens with two attached hydrogens (primary N) is 1. The van der Waals surface area contributed by atoms with Crippen molar-refractivity contribution in [1.29, 1.82) is 0 Å². The lowest BCUT2D eigenvalue weighted by atomic mass is 10.1. The Morgan fingerprint density at radius 2 is 1.67 bits per heavy atom. The van der Waals surface area contributed by atoms with Gasteiger partial charge in [0.15, 0.2) is 0 Å². The number of ether oxygens (including phenoxy) is 2. The molecule has 1 saturated heterocycles. The Balaban J connectivity index is 2.83. The van der Waals surface area contributed by atoms with E-state index in [2.05, 4.69) is 5.32 Å². The summed E-state index contributed by atoms with van der Waals surface area (Å²) < 4.78 is 11.0. The highest BCUT2D eigenvalue weighted by Crippen LogP contribution is 2.22. The lowest BCUT2D eigenvalue weighted by molar-refractivity contribution is -0.164. The number of nitrogens with one attached hydrogen (secondary N) is 1. The number of amides is 1. The van der Waals surface area contributed by atoms with Gasteiger partial charge < -0.3 is 20.1 Å². The summed E-state index contributed by atoms with van der Waals surface area (Å²) in [5.74, 6) is -0.979. The minimum absolute atomic E-state index is 0.212. The summed E-state index contributed by atoms with van der Waals surface area (Å²) in [6.07, 6.45) is 3.39. The van der Waals surface area contributed by atoms with E-state index >= 15 is 0 Å². The van der Waals surface area contributed by atoms with E-state index in [1.165, 1.54) is 0 Å². The second-order valence-corrected chi connectivity index (χ2v) is 9.98. The van der Waals surface area contributed by atoms with Gasteiger partial charge in [-0.15, -0.1) is 0 Å². The Kier molecular flexibility index (Phi) is 9.75. The van der Waals surface area contributed by atoms with Crippen LogP contribution >= 0.6 is 0 Å². The minimum atomic E-state index is -0.636. The van der Waals surface area contributed by atoms with E-state index in [1.54, 1.807) is 11.8 Å². The van der Waals surface area contributed by atoms with Crippen molar-refractivity contribution in [2.45, 2.75) is 110 Å². The highest BCUT2D eigenvalue weighted by molar-refractivity contribution is 5.88. The number of esters is 2. The molecule has 3 atom stereocenters.